The molecule has 6 heteroatoms. The zero-order valence-corrected chi connectivity index (χ0v) is 16.1. The van der Waals surface area contributed by atoms with E-state index in [1.54, 1.807) is 4.90 Å². The molecule has 1 atom stereocenters. The number of likely N-dealkylation sites (tertiary alicyclic amines) is 2. The maximum atomic E-state index is 13.8. The number of benzene rings is 1. The highest BCUT2D eigenvalue weighted by Gasteiger charge is 2.54. The number of hydrogen-bond acceptors (Lipinski definition) is 4. The van der Waals surface area contributed by atoms with E-state index >= 15 is 0 Å². The van der Waals surface area contributed by atoms with Gasteiger partial charge in [-0.1, -0.05) is 36.9 Å². The summed E-state index contributed by atoms with van der Waals surface area (Å²) in [5.74, 6) is -0.188. The Morgan fingerprint density at radius 1 is 1.00 bits per heavy atom. The molecular weight excluding hydrogens is 356 g/mol. The van der Waals surface area contributed by atoms with Crippen LogP contribution >= 0.6 is 0 Å². The Hall–Kier alpha value is -2.63. The number of ether oxygens (including phenoxy) is 1. The minimum Gasteiger partial charge on any atom is -0.465 e. The molecule has 3 fully saturated rings. The fourth-order valence-corrected chi connectivity index (χ4v) is 4.93. The van der Waals surface area contributed by atoms with Crippen LogP contribution in [-0.2, 0) is 24.5 Å². The number of piperidine rings is 1. The number of esters is 1. The van der Waals surface area contributed by atoms with E-state index in [4.69, 9.17) is 4.74 Å². The number of hydrogen-bond donors (Lipinski definition) is 0. The van der Waals surface area contributed by atoms with Gasteiger partial charge in [-0.2, -0.15) is 0 Å². The number of amides is 2. The summed E-state index contributed by atoms with van der Waals surface area (Å²) in [5, 5.41) is 0. The van der Waals surface area contributed by atoms with E-state index in [0.717, 1.165) is 5.56 Å². The van der Waals surface area contributed by atoms with Crippen molar-refractivity contribution < 1.29 is 19.1 Å². The van der Waals surface area contributed by atoms with Gasteiger partial charge in [-0.25, -0.2) is 0 Å². The van der Waals surface area contributed by atoms with Crippen molar-refractivity contribution in [1.82, 2.24) is 9.80 Å². The molecule has 1 unspecified atom stereocenters. The van der Waals surface area contributed by atoms with Crippen LogP contribution < -0.4 is 0 Å². The molecule has 0 bridgehead atoms. The Labute approximate surface area is 165 Å². The molecular formula is C22H26N2O4. The van der Waals surface area contributed by atoms with E-state index in [9.17, 15) is 14.4 Å². The lowest BCUT2D eigenvalue weighted by atomic mass is 9.71. The Morgan fingerprint density at radius 2 is 1.68 bits per heavy atom. The number of carbonyl (C=O) groups is 3. The van der Waals surface area contributed by atoms with Gasteiger partial charge in [0.2, 0.25) is 11.8 Å². The Morgan fingerprint density at radius 3 is 2.29 bits per heavy atom. The van der Waals surface area contributed by atoms with E-state index < -0.39 is 10.8 Å². The minimum absolute atomic E-state index is 0.0703. The van der Waals surface area contributed by atoms with Crippen molar-refractivity contribution in [3.63, 3.8) is 0 Å². The molecule has 4 rings (SSSR count). The molecule has 0 N–H and O–H groups in total. The first-order valence-corrected chi connectivity index (χ1v) is 9.94. The third-order valence-electron chi connectivity index (χ3n) is 6.73. The lowest BCUT2D eigenvalue weighted by Gasteiger charge is -2.43. The molecule has 6 nitrogen and oxygen atoms in total. The normalized spacial score (nSPS) is 26.4. The first-order chi connectivity index (χ1) is 13.5. The maximum absolute atomic E-state index is 13.8. The SMILES string of the molecule is C=CC(=O)N1CCC(C(=O)N2CCC3(CCOC3=O)C2)(c2ccccc2)CC1. The third kappa shape index (κ3) is 2.91. The van der Waals surface area contributed by atoms with E-state index in [1.165, 1.54) is 6.08 Å². The summed E-state index contributed by atoms with van der Waals surface area (Å²) in [5.41, 5.74) is -0.194. The van der Waals surface area contributed by atoms with Crippen LogP contribution in [0.1, 0.15) is 31.2 Å². The average Bonchev–Trinajstić information content (AvgIpc) is 3.34. The number of rotatable bonds is 3. The Kier molecular flexibility index (Phi) is 4.73. The Bertz CT molecular complexity index is 798. The van der Waals surface area contributed by atoms with Crippen LogP contribution in [0.5, 0.6) is 0 Å². The predicted octanol–water partition coefficient (Wildman–Crippen LogP) is 1.90. The molecule has 3 heterocycles. The van der Waals surface area contributed by atoms with Gasteiger partial charge in [-0.3, -0.25) is 14.4 Å². The van der Waals surface area contributed by atoms with Crippen LogP contribution in [0.15, 0.2) is 43.0 Å². The van der Waals surface area contributed by atoms with Crippen molar-refractivity contribution in [2.24, 2.45) is 5.41 Å². The highest BCUT2D eigenvalue weighted by Crippen LogP contribution is 2.43. The molecule has 1 aromatic carbocycles. The van der Waals surface area contributed by atoms with E-state index in [1.807, 2.05) is 35.2 Å². The van der Waals surface area contributed by atoms with Crippen molar-refractivity contribution in [2.75, 3.05) is 32.8 Å². The first kappa shape index (κ1) is 18.7. The summed E-state index contributed by atoms with van der Waals surface area (Å²) in [7, 11) is 0. The standard InChI is InChI=1S/C22H26N2O4/c1-2-18(25)23-13-9-22(10-14-23,17-6-4-3-5-7-17)19(26)24-12-8-21(16-24)11-15-28-20(21)27/h2-7H,1,8-16H2. The van der Waals surface area contributed by atoms with Crippen molar-refractivity contribution in [3.8, 4) is 0 Å². The molecule has 148 valence electrons. The van der Waals surface area contributed by atoms with Crippen LogP contribution in [-0.4, -0.2) is 60.4 Å². The number of cyclic esters (lactones) is 1. The highest BCUT2D eigenvalue weighted by atomic mass is 16.5. The summed E-state index contributed by atoms with van der Waals surface area (Å²) in [6.07, 6.45) is 3.83. The van der Waals surface area contributed by atoms with E-state index in [2.05, 4.69) is 6.58 Å². The summed E-state index contributed by atoms with van der Waals surface area (Å²) in [4.78, 5) is 41.6. The fraction of sp³-hybridized carbons (Fsp3) is 0.500. The number of carbonyl (C=O) groups excluding carboxylic acids is 3. The molecule has 28 heavy (non-hydrogen) atoms. The van der Waals surface area contributed by atoms with E-state index in [0.29, 0.717) is 58.5 Å². The fourth-order valence-electron chi connectivity index (χ4n) is 4.93. The van der Waals surface area contributed by atoms with Crippen LogP contribution in [0.2, 0.25) is 0 Å². The van der Waals surface area contributed by atoms with Gasteiger partial charge in [-0.05, 0) is 37.3 Å². The maximum Gasteiger partial charge on any atom is 0.314 e. The quantitative estimate of drug-likeness (QED) is 0.592. The molecule has 0 radical (unpaired) electrons. The van der Waals surface area contributed by atoms with Gasteiger partial charge in [0.25, 0.3) is 0 Å². The zero-order chi connectivity index (χ0) is 19.8. The molecule has 2 amide bonds. The molecule has 0 aromatic heterocycles. The summed E-state index contributed by atoms with van der Waals surface area (Å²) in [6.45, 7) is 6.07. The third-order valence-corrected chi connectivity index (χ3v) is 6.73. The molecule has 1 spiro atoms. The van der Waals surface area contributed by atoms with Crippen molar-refractivity contribution >= 4 is 17.8 Å². The van der Waals surface area contributed by atoms with Gasteiger partial charge in [-0.15, -0.1) is 0 Å². The molecule has 3 saturated heterocycles. The lowest BCUT2D eigenvalue weighted by Crippen LogP contribution is -2.53. The molecule has 0 aliphatic carbocycles. The number of nitrogens with zero attached hydrogens (tertiary/aromatic N) is 2. The monoisotopic (exact) mass is 382 g/mol. The first-order valence-electron chi connectivity index (χ1n) is 9.94. The van der Waals surface area contributed by atoms with Crippen LogP contribution in [0, 0.1) is 5.41 Å². The molecule has 3 aliphatic rings. The molecule has 3 aliphatic heterocycles. The van der Waals surface area contributed by atoms with Gasteiger partial charge in [0.1, 0.15) is 0 Å². The summed E-state index contributed by atoms with van der Waals surface area (Å²) >= 11 is 0. The summed E-state index contributed by atoms with van der Waals surface area (Å²) in [6, 6.07) is 9.84. The largest absolute Gasteiger partial charge is 0.465 e. The van der Waals surface area contributed by atoms with Crippen LogP contribution in [0.25, 0.3) is 0 Å². The minimum atomic E-state index is -0.659. The van der Waals surface area contributed by atoms with Crippen LogP contribution in [0.3, 0.4) is 0 Å². The van der Waals surface area contributed by atoms with Crippen molar-refractivity contribution in [2.45, 2.75) is 31.1 Å². The molecule has 0 saturated carbocycles. The summed E-state index contributed by atoms with van der Waals surface area (Å²) < 4.78 is 5.20. The second-order valence-corrected chi connectivity index (χ2v) is 8.12. The van der Waals surface area contributed by atoms with Gasteiger partial charge in [0, 0.05) is 26.2 Å². The van der Waals surface area contributed by atoms with Gasteiger partial charge in [0.05, 0.1) is 17.4 Å². The second-order valence-electron chi connectivity index (χ2n) is 8.12. The zero-order valence-electron chi connectivity index (χ0n) is 16.1. The smallest absolute Gasteiger partial charge is 0.314 e. The van der Waals surface area contributed by atoms with Crippen molar-refractivity contribution in [3.05, 3.63) is 48.6 Å². The average molecular weight is 382 g/mol. The highest BCUT2D eigenvalue weighted by molar-refractivity contribution is 5.91. The van der Waals surface area contributed by atoms with Gasteiger partial charge < -0.3 is 14.5 Å². The second kappa shape index (κ2) is 7.08. The molecule has 1 aromatic rings. The Balaban J connectivity index is 1.60. The van der Waals surface area contributed by atoms with E-state index in [-0.39, 0.29) is 17.8 Å². The predicted molar refractivity (Wildman–Crippen MR) is 103 cm³/mol. The van der Waals surface area contributed by atoms with Crippen molar-refractivity contribution in [1.29, 1.82) is 0 Å². The lowest BCUT2D eigenvalue weighted by molar-refractivity contribution is -0.147. The van der Waals surface area contributed by atoms with Gasteiger partial charge >= 0.3 is 5.97 Å². The topological polar surface area (TPSA) is 66.9 Å². The van der Waals surface area contributed by atoms with Gasteiger partial charge in [0.15, 0.2) is 0 Å². The van der Waals surface area contributed by atoms with Crippen LogP contribution in [0.4, 0.5) is 0 Å².